The van der Waals surface area contributed by atoms with Gasteiger partial charge in [-0.05, 0) is 38.8 Å². The molecule has 4 aliphatic heterocycles. The largest absolute Gasteiger partial charge is 0.493 e. The monoisotopic (exact) mass is 619 g/mol. The number of pyridine rings is 1. The summed E-state index contributed by atoms with van der Waals surface area (Å²) >= 11 is 0. The van der Waals surface area contributed by atoms with Gasteiger partial charge in [-0.15, -0.1) is 0 Å². The first-order valence-electron chi connectivity index (χ1n) is 15.1. The highest BCUT2D eigenvalue weighted by atomic mass is 16.5. The summed E-state index contributed by atoms with van der Waals surface area (Å²) in [5.74, 6) is 1.72. The van der Waals surface area contributed by atoms with E-state index in [1.54, 1.807) is 42.5 Å². The van der Waals surface area contributed by atoms with Crippen LogP contribution >= 0.6 is 0 Å². The van der Waals surface area contributed by atoms with Gasteiger partial charge in [0.15, 0.2) is 23.0 Å². The number of ether oxygens (including phenoxy) is 4. The van der Waals surface area contributed by atoms with E-state index in [1.165, 1.54) is 25.4 Å². The van der Waals surface area contributed by atoms with Crippen LogP contribution in [-0.4, -0.2) is 78.4 Å². The number of carbonyl (C=O) groups excluding carboxylic acids is 2. The van der Waals surface area contributed by atoms with Crippen molar-refractivity contribution < 1.29 is 28.5 Å². The fourth-order valence-electron chi connectivity index (χ4n) is 6.20. The van der Waals surface area contributed by atoms with Gasteiger partial charge in [0.1, 0.15) is 0 Å². The van der Waals surface area contributed by atoms with Crippen molar-refractivity contribution in [3.63, 3.8) is 0 Å². The molecule has 0 spiro atoms. The van der Waals surface area contributed by atoms with E-state index in [1.807, 2.05) is 36.1 Å². The van der Waals surface area contributed by atoms with Gasteiger partial charge in [-0.25, -0.2) is 0 Å². The van der Waals surface area contributed by atoms with E-state index in [2.05, 4.69) is 27.1 Å². The van der Waals surface area contributed by atoms with Crippen molar-refractivity contribution in [2.45, 2.75) is 38.8 Å². The molecular formula is C35H33N5O6. The molecule has 5 heterocycles. The Morgan fingerprint density at radius 3 is 1.57 bits per heavy atom. The summed E-state index contributed by atoms with van der Waals surface area (Å²) in [6, 6.07) is 11.6. The van der Waals surface area contributed by atoms with Gasteiger partial charge in [0.2, 0.25) is 11.8 Å². The maximum Gasteiger partial charge on any atom is 0.257 e. The number of aromatic nitrogens is 1. The number of hydrogen-bond acceptors (Lipinski definition) is 9. The third kappa shape index (κ3) is 5.17. The lowest BCUT2D eigenvalue weighted by atomic mass is 10.1. The lowest BCUT2D eigenvalue weighted by molar-refractivity contribution is 0.0769. The van der Waals surface area contributed by atoms with Crippen molar-refractivity contribution in [1.29, 1.82) is 0 Å². The molecule has 2 saturated heterocycles. The summed E-state index contributed by atoms with van der Waals surface area (Å²) in [5, 5.41) is 0. The predicted octanol–water partition coefficient (Wildman–Crippen LogP) is 6.44. The van der Waals surface area contributed by atoms with Gasteiger partial charge in [-0.2, -0.15) is 4.98 Å². The molecule has 234 valence electrons. The van der Waals surface area contributed by atoms with Gasteiger partial charge in [-0.1, -0.05) is 29.4 Å². The lowest BCUT2D eigenvalue weighted by Crippen LogP contribution is -2.35. The van der Waals surface area contributed by atoms with Crippen LogP contribution in [0.15, 0.2) is 75.7 Å². The zero-order chi connectivity index (χ0) is 31.9. The standard InChI is InChI=1S/C35H33N5O6/c1-5-20-10-22-16-36-26-14-30(28(43-3)12-24(26)34(41)39(22)18-20)45-32-8-7-9-33(38-32)46-31-15-27-25(13-29(31)44-4)35(42)40-19-21(6-2)11-23(40)17-37-27/h5-9,12-17,22-23H,10-11,18-19H2,1-4H3/t22-,23-/m0/s1. The Morgan fingerprint density at radius 1 is 0.696 bits per heavy atom. The van der Waals surface area contributed by atoms with Crippen LogP contribution in [0.2, 0.25) is 0 Å². The van der Waals surface area contributed by atoms with Crippen molar-refractivity contribution in [3.8, 4) is 34.8 Å². The highest BCUT2D eigenvalue weighted by Crippen LogP contribution is 2.42. The average Bonchev–Trinajstić information content (AvgIpc) is 3.64. The van der Waals surface area contributed by atoms with Crippen molar-refractivity contribution in [3.05, 3.63) is 76.9 Å². The molecule has 0 saturated carbocycles. The fourth-order valence-corrected chi connectivity index (χ4v) is 6.20. The van der Waals surface area contributed by atoms with Crippen molar-refractivity contribution in [1.82, 2.24) is 14.8 Å². The van der Waals surface area contributed by atoms with E-state index in [0.717, 1.165) is 12.8 Å². The predicted molar refractivity (Wildman–Crippen MR) is 173 cm³/mol. The van der Waals surface area contributed by atoms with Crippen molar-refractivity contribution in [2.75, 3.05) is 27.3 Å². The van der Waals surface area contributed by atoms with Crippen molar-refractivity contribution >= 4 is 35.6 Å². The molecular weight excluding hydrogens is 586 g/mol. The number of aliphatic imine (C=N–C) groups is 2. The maximum absolute atomic E-state index is 13.4. The molecule has 4 aliphatic rings. The molecule has 0 aliphatic carbocycles. The number of nitrogens with zero attached hydrogens (tertiary/aromatic N) is 5. The molecule has 11 heteroatoms. The second-order valence-corrected chi connectivity index (χ2v) is 11.4. The van der Waals surface area contributed by atoms with Gasteiger partial charge in [0, 0.05) is 49.8 Å². The number of benzene rings is 2. The topological polar surface area (TPSA) is 115 Å². The van der Waals surface area contributed by atoms with Gasteiger partial charge in [0.25, 0.3) is 11.8 Å². The van der Waals surface area contributed by atoms with Crippen LogP contribution in [0.4, 0.5) is 11.4 Å². The van der Waals surface area contributed by atoms with E-state index in [-0.39, 0.29) is 35.7 Å². The van der Waals surface area contributed by atoms with Crippen LogP contribution in [0.5, 0.6) is 34.8 Å². The van der Waals surface area contributed by atoms with Crippen LogP contribution in [0.25, 0.3) is 0 Å². The number of rotatable bonds is 6. The zero-order valence-corrected chi connectivity index (χ0v) is 26.0. The average molecular weight is 620 g/mol. The van der Waals surface area contributed by atoms with Gasteiger partial charge >= 0.3 is 0 Å². The van der Waals surface area contributed by atoms with Gasteiger partial charge < -0.3 is 28.7 Å². The summed E-state index contributed by atoms with van der Waals surface area (Å²) in [7, 11) is 3.04. The quantitative estimate of drug-likeness (QED) is 0.292. The Bertz CT molecular complexity index is 1750. The second kappa shape index (κ2) is 11.8. The third-order valence-electron chi connectivity index (χ3n) is 8.75. The molecule has 0 bridgehead atoms. The minimum atomic E-state index is -0.101. The zero-order valence-electron chi connectivity index (χ0n) is 26.0. The van der Waals surface area contributed by atoms with Crippen LogP contribution in [0.1, 0.15) is 47.4 Å². The number of carbonyl (C=O) groups is 2. The second-order valence-electron chi connectivity index (χ2n) is 11.4. The van der Waals surface area contributed by atoms with Crippen LogP contribution < -0.4 is 18.9 Å². The first-order valence-corrected chi connectivity index (χ1v) is 15.1. The van der Waals surface area contributed by atoms with E-state index < -0.39 is 0 Å². The van der Waals surface area contributed by atoms with E-state index in [0.29, 0.717) is 58.6 Å². The molecule has 2 atom stereocenters. The van der Waals surface area contributed by atoms with E-state index in [4.69, 9.17) is 18.9 Å². The number of fused-ring (bicyclic) bond motifs is 4. The number of allylic oxidation sites excluding steroid dienone is 2. The minimum absolute atomic E-state index is 0.0889. The summed E-state index contributed by atoms with van der Waals surface area (Å²) in [5.41, 5.74) is 4.31. The number of hydrogen-bond donors (Lipinski definition) is 0. The molecule has 2 aromatic carbocycles. The van der Waals surface area contributed by atoms with Crippen molar-refractivity contribution in [2.24, 2.45) is 9.98 Å². The van der Waals surface area contributed by atoms with Crippen LogP contribution in [-0.2, 0) is 0 Å². The highest BCUT2D eigenvalue weighted by molar-refractivity contribution is 6.04. The summed E-state index contributed by atoms with van der Waals surface area (Å²) in [4.78, 5) is 44.4. The normalized spacial score (nSPS) is 21.5. The molecule has 1 aromatic heterocycles. The Morgan fingerprint density at radius 2 is 1.15 bits per heavy atom. The van der Waals surface area contributed by atoms with Gasteiger partial charge in [0.05, 0.1) is 48.8 Å². The van der Waals surface area contributed by atoms with E-state index in [9.17, 15) is 9.59 Å². The first kappa shape index (κ1) is 29.3. The Balaban J connectivity index is 1.15. The van der Waals surface area contributed by atoms with Crippen LogP contribution in [0, 0.1) is 0 Å². The maximum atomic E-state index is 13.4. The molecule has 2 fully saturated rings. The number of methoxy groups -OCH3 is 2. The SMILES string of the molecule is CC=C1C[C@H]2C=Nc3cc(Oc4cccc(Oc5cc6c(cc5OC)C(=O)N5CC(=CC)C[C@H]5C=N6)n4)c(OC)cc3C(=O)N2C1. The summed E-state index contributed by atoms with van der Waals surface area (Å²) < 4.78 is 23.5. The molecule has 0 radical (unpaired) electrons. The molecule has 11 nitrogen and oxygen atoms in total. The molecule has 3 aromatic rings. The fraction of sp³-hybridized carbons (Fsp3) is 0.286. The lowest BCUT2D eigenvalue weighted by Gasteiger charge is -2.20. The van der Waals surface area contributed by atoms with Crippen LogP contribution in [0.3, 0.4) is 0 Å². The summed E-state index contributed by atoms with van der Waals surface area (Å²) in [6.07, 6.45) is 9.28. The highest BCUT2D eigenvalue weighted by Gasteiger charge is 2.36. The molecule has 0 N–H and O–H groups in total. The first-order chi connectivity index (χ1) is 22.4. The smallest absolute Gasteiger partial charge is 0.257 e. The number of amides is 2. The molecule has 0 unspecified atom stereocenters. The molecule has 46 heavy (non-hydrogen) atoms. The Labute approximate surface area is 266 Å². The third-order valence-corrected chi connectivity index (χ3v) is 8.75. The van der Waals surface area contributed by atoms with Gasteiger partial charge in [-0.3, -0.25) is 19.6 Å². The Hall–Kier alpha value is -5.45. The molecule has 7 rings (SSSR count). The molecule has 2 amide bonds. The van der Waals surface area contributed by atoms with E-state index >= 15 is 0 Å². The minimum Gasteiger partial charge on any atom is -0.493 e. The summed E-state index contributed by atoms with van der Waals surface area (Å²) in [6.45, 7) is 5.13. The Kier molecular flexibility index (Phi) is 7.51.